The van der Waals surface area contributed by atoms with Crippen LogP contribution in [0.5, 0.6) is 0 Å². The van der Waals surface area contributed by atoms with E-state index in [4.69, 9.17) is 0 Å². The zero-order valence-corrected chi connectivity index (χ0v) is 15.2. The lowest BCUT2D eigenvalue weighted by molar-refractivity contribution is 0.102. The number of rotatable bonds is 6. The molecule has 0 saturated heterocycles. The minimum absolute atomic E-state index is 0.236. The number of anilines is 2. The Hall–Kier alpha value is -3.28. The third-order valence-electron chi connectivity index (χ3n) is 4.15. The van der Waals surface area contributed by atoms with E-state index in [0.717, 1.165) is 11.3 Å². The summed E-state index contributed by atoms with van der Waals surface area (Å²) in [4.78, 5) is 20.7. The summed E-state index contributed by atoms with van der Waals surface area (Å²) in [5.74, 6) is 0.127. The number of carbonyl (C=O) groups excluding carboxylic acids is 1. The number of carbonyl (C=O) groups is 1. The Morgan fingerprint density at radius 1 is 1.07 bits per heavy atom. The van der Waals surface area contributed by atoms with Gasteiger partial charge in [-0.25, -0.2) is 14.4 Å². The van der Waals surface area contributed by atoms with Gasteiger partial charge in [-0.3, -0.25) is 4.79 Å². The molecule has 2 aromatic carbocycles. The summed E-state index contributed by atoms with van der Waals surface area (Å²) in [6.07, 6.45) is 1.31. The van der Waals surface area contributed by atoms with Gasteiger partial charge in [0.15, 0.2) is 0 Å². The normalized spacial score (nSPS) is 10.7. The molecule has 1 amide bonds. The van der Waals surface area contributed by atoms with Crippen molar-refractivity contribution in [2.75, 3.05) is 10.6 Å². The molecule has 0 unspecified atom stereocenters. The van der Waals surface area contributed by atoms with E-state index in [2.05, 4.69) is 34.4 Å². The second-order valence-corrected chi connectivity index (χ2v) is 6.43. The van der Waals surface area contributed by atoms with Gasteiger partial charge in [0.1, 0.15) is 23.7 Å². The highest BCUT2D eigenvalue weighted by molar-refractivity contribution is 6.03. The highest BCUT2D eigenvalue weighted by Gasteiger charge is 2.13. The maximum atomic E-state index is 13.7. The Morgan fingerprint density at radius 2 is 1.81 bits per heavy atom. The van der Waals surface area contributed by atoms with Gasteiger partial charge in [0, 0.05) is 23.9 Å². The van der Waals surface area contributed by atoms with Crippen molar-refractivity contribution < 1.29 is 9.18 Å². The monoisotopic (exact) mass is 364 g/mol. The molecule has 5 nitrogen and oxygen atoms in total. The van der Waals surface area contributed by atoms with Crippen LogP contribution in [-0.4, -0.2) is 15.9 Å². The van der Waals surface area contributed by atoms with Gasteiger partial charge in [-0.15, -0.1) is 0 Å². The first-order valence-corrected chi connectivity index (χ1v) is 8.74. The average Bonchev–Trinajstić information content (AvgIpc) is 2.68. The maximum Gasteiger partial charge on any atom is 0.274 e. The summed E-state index contributed by atoms with van der Waals surface area (Å²) >= 11 is 0. The van der Waals surface area contributed by atoms with Crippen LogP contribution < -0.4 is 10.6 Å². The van der Waals surface area contributed by atoms with Gasteiger partial charge in [0.05, 0.1) is 0 Å². The summed E-state index contributed by atoms with van der Waals surface area (Å²) in [5.41, 5.74) is 2.57. The number of hydrogen-bond donors (Lipinski definition) is 2. The molecule has 1 aromatic heterocycles. The molecule has 2 N–H and O–H groups in total. The summed E-state index contributed by atoms with van der Waals surface area (Å²) in [6.45, 7) is 4.40. The van der Waals surface area contributed by atoms with Crippen LogP contribution in [0.1, 0.15) is 41.4 Å². The first-order valence-electron chi connectivity index (χ1n) is 8.74. The number of benzene rings is 2. The van der Waals surface area contributed by atoms with Crippen LogP contribution >= 0.6 is 0 Å². The smallest absolute Gasteiger partial charge is 0.274 e. The molecule has 138 valence electrons. The van der Waals surface area contributed by atoms with Crippen LogP contribution in [0.15, 0.2) is 60.9 Å². The van der Waals surface area contributed by atoms with E-state index in [1.54, 1.807) is 24.3 Å². The topological polar surface area (TPSA) is 66.9 Å². The number of amides is 1. The van der Waals surface area contributed by atoms with E-state index in [0.29, 0.717) is 11.4 Å². The zero-order chi connectivity index (χ0) is 19.2. The Labute approximate surface area is 157 Å². The van der Waals surface area contributed by atoms with Gasteiger partial charge in [-0.1, -0.05) is 50.2 Å². The van der Waals surface area contributed by atoms with Crippen molar-refractivity contribution in [3.8, 4) is 0 Å². The molecule has 0 saturated carbocycles. The average molecular weight is 364 g/mol. The summed E-state index contributed by atoms with van der Waals surface area (Å²) < 4.78 is 13.7. The molecule has 0 aliphatic heterocycles. The van der Waals surface area contributed by atoms with E-state index < -0.39 is 0 Å². The highest BCUT2D eigenvalue weighted by atomic mass is 19.1. The third-order valence-corrected chi connectivity index (χ3v) is 4.15. The fourth-order valence-electron chi connectivity index (χ4n) is 2.71. The highest BCUT2D eigenvalue weighted by Crippen LogP contribution is 2.24. The summed E-state index contributed by atoms with van der Waals surface area (Å²) in [6, 6.07) is 15.7. The van der Waals surface area contributed by atoms with Crippen LogP contribution in [0.4, 0.5) is 15.9 Å². The van der Waals surface area contributed by atoms with Crippen LogP contribution in [0.3, 0.4) is 0 Å². The van der Waals surface area contributed by atoms with Gasteiger partial charge in [-0.2, -0.15) is 0 Å². The van der Waals surface area contributed by atoms with Crippen molar-refractivity contribution in [3.05, 3.63) is 83.6 Å². The number of aromatic nitrogens is 2. The third kappa shape index (κ3) is 4.67. The van der Waals surface area contributed by atoms with Crippen LogP contribution in [0.25, 0.3) is 0 Å². The van der Waals surface area contributed by atoms with Crippen LogP contribution in [0, 0.1) is 5.82 Å². The number of nitrogens with zero attached hydrogens (tertiary/aromatic N) is 2. The first kappa shape index (κ1) is 18.5. The molecule has 1 heterocycles. The van der Waals surface area contributed by atoms with Crippen molar-refractivity contribution in [2.45, 2.75) is 26.3 Å². The summed E-state index contributed by atoms with van der Waals surface area (Å²) in [5, 5.41) is 5.92. The van der Waals surface area contributed by atoms with E-state index in [-0.39, 0.29) is 29.9 Å². The maximum absolute atomic E-state index is 13.7. The molecule has 3 rings (SSSR count). The molecule has 0 atom stereocenters. The number of para-hydroxylation sites is 1. The molecule has 0 bridgehead atoms. The fourth-order valence-corrected chi connectivity index (χ4v) is 2.71. The van der Waals surface area contributed by atoms with E-state index in [1.807, 2.05) is 24.3 Å². The standard InChI is InChI=1S/C21H21FN4O/c1-14(2)16-8-4-6-10-18(16)26-21(27)19-11-20(25-13-24-19)23-12-15-7-3-5-9-17(15)22/h3-11,13-14H,12H2,1-2H3,(H,26,27)(H,23,24,25). The Morgan fingerprint density at radius 3 is 2.59 bits per heavy atom. The molecule has 0 spiro atoms. The van der Waals surface area contributed by atoms with E-state index in [9.17, 15) is 9.18 Å². The van der Waals surface area contributed by atoms with Gasteiger partial charge in [0.2, 0.25) is 0 Å². The Balaban J connectivity index is 1.72. The van der Waals surface area contributed by atoms with Gasteiger partial charge < -0.3 is 10.6 Å². The second kappa shape index (κ2) is 8.40. The lowest BCUT2D eigenvalue weighted by Crippen LogP contribution is -2.16. The van der Waals surface area contributed by atoms with Gasteiger partial charge in [0.25, 0.3) is 5.91 Å². The SMILES string of the molecule is CC(C)c1ccccc1NC(=O)c1cc(NCc2ccccc2F)ncn1. The van der Waals surface area contributed by atoms with Gasteiger partial charge >= 0.3 is 0 Å². The predicted octanol–water partition coefficient (Wildman–Crippen LogP) is 4.60. The Kier molecular flexibility index (Phi) is 5.76. The minimum atomic E-state index is -0.320. The van der Waals surface area contributed by atoms with Crippen LogP contribution in [-0.2, 0) is 6.54 Å². The van der Waals surface area contributed by atoms with E-state index in [1.165, 1.54) is 12.4 Å². The number of hydrogen-bond acceptors (Lipinski definition) is 4. The number of halogens is 1. The molecule has 27 heavy (non-hydrogen) atoms. The van der Waals surface area contributed by atoms with Crippen molar-refractivity contribution in [1.82, 2.24) is 9.97 Å². The molecule has 0 aliphatic rings. The Bertz CT molecular complexity index is 943. The summed E-state index contributed by atoms with van der Waals surface area (Å²) in [7, 11) is 0. The van der Waals surface area contributed by atoms with Crippen molar-refractivity contribution in [3.63, 3.8) is 0 Å². The zero-order valence-electron chi connectivity index (χ0n) is 15.2. The van der Waals surface area contributed by atoms with Crippen LogP contribution in [0.2, 0.25) is 0 Å². The molecule has 6 heteroatoms. The molecule has 0 radical (unpaired) electrons. The quantitative estimate of drug-likeness (QED) is 0.671. The second-order valence-electron chi connectivity index (χ2n) is 6.43. The molecular formula is C21H21FN4O. The molecule has 0 aliphatic carbocycles. The first-order chi connectivity index (χ1) is 13.0. The van der Waals surface area contributed by atoms with E-state index >= 15 is 0 Å². The molecular weight excluding hydrogens is 343 g/mol. The predicted molar refractivity (Wildman–Crippen MR) is 104 cm³/mol. The molecule has 0 fully saturated rings. The van der Waals surface area contributed by atoms with Crippen molar-refractivity contribution >= 4 is 17.4 Å². The largest absolute Gasteiger partial charge is 0.366 e. The lowest BCUT2D eigenvalue weighted by atomic mass is 10.0. The fraction of sp³-hybridized carbons (Fsp3) is 0.190. The molecule has 3 aromatic rings. The minimum Gasteiger partial charge on any atom is -0.366 e. The van der Waals surface area contributed by atoms with Crippen molar-refractivity contribution in [1.29, 1.82) is 0 Å². The van der Waals surface area contributed by atoms with Crippen molar-refractivity contribution in [2.24, 2.45) is 0 Å². The lowest BCUT2D eigenvalue weighted by Gasteiger charge is -2.13. The number of nitrogens with one attached hydrogen (secondary N) is 2. The van der Waals surface area contributed by atoms with Gasteiger partial charge in [-0.05, 0) is 23.6 Å².